The van der Waals surface area contributed by atoms with Crippen molar-refractivity contribution in [3.8, 4) is 0 Å². The predicted octanol–water partition coefficient (Wildman–Crippen LogP) is 2.03. The van der Waals surface area contributed by atoms with Crippen molar-refractivity contribution in [1.29, 1.82) is 0 Å². The van der Waals surface area contributed by atoms with Crippen LogP contribution in [-0.2, 0) is 11.2 Å². The average molecular weight is 248 g/mol. The molecule has 0 aliphatic carbocycles. The summed E-state index contributed by atoms with van der Waals surface area (Å²) in [5.41, 5.74) is 8.06. The molecule has 0 aliphatic heterocycles. The van der Waals surface area contributed by atoms with Gasteiger partial charge in [0.15, 0.2) is 0 Å². The Kier molecular flexibility index (Phi) is 6.44. The smallest absolute Gasteiger partial charge is 0.220 e. The van der Waals surface area contributed by atoms with E-state index in [2.05, 4.69) is 36.5 Å². The van der Waals surface area contributed by atoms with Gasteiger partial charge in [0.25, 0.3) is 0 Å². The Bertz CT molecular complexity index is 359. The molecule has 0 spiro atoms. The van der Waals surface area contributed by atoms with Crippen LogP contribution >= 0.6 is 0 Å². The topological polar surface area (TPSA) is 55.1 Å². The summed E-state index contributed by atoms with van der Waals surface area (Å²) in [5.74, 6) is 0.480. The zero-order chi connectivity index (χ0) is 13.4. The molecule has 0 bridgehead atoms. The van der Waals surface area contributed by atoms with Crippen LogP contribution in [0.15, 0.2) is 24.3 Å². The van der Waals surface area contributed by atoms with Crippen LogP contribution in [0.25, 0.3) is 0 Å². The molecule has 3 heteroatoms. The molecule has 0 aromatic heterocycles. The van der Waals surface area contributed by atoms with E-state index in [4.69, 9.17) is 5.73 Å². The molecular weight excluding hydrogens is 224 g/mol. The summed E-state index contributed by atoms with van der Waals surface area (Å²) >= 11 is 0. The van der Waals surface area contributed by atoms with Gasteiger partial charge < -0.3 is 11.1 Å². The number of rotatable bonds is 7. The number of hydrogen-bond donors (Lipinski definition) is 2. The van der Waals surface area contributed by atoms with Crippen molar-refractivity contribution < 1.29 is 4.79 Å². The first kappa shape index (κ1) is 14.7. The van der Waals surface area contributed by atoms with Gasteiger partial charge in [-0.05, 0) is 37.8 Å². The molecule has 0 radical (unpaired) electrons. The lowest BCUT2D eigenvalue weighted by Gasteiger charge is -2.09. The second-order valence-corrected chi connectivity index (χ2v) is 4.98. The van der Waals surface area contributed by atoms with E-state index in [1.165, 1.54) is 11.1 Å². The molecular formula is C15H24N2O. The molecule has 0 saturated carbocycles. The molecule has 1 amide bonds. The molecule has 0 saturated heterocycles. The van der Waals surface area contributed by atoms with Crippen molar-refractivity contribution >= 4 is 5.91 Å². The van der Waals surface area contributed by atoms with Gasteiger partial charge in [-0.25, -0.2) is 0 Å². The van der Waals surface area contributed by atoms with E-state index in [-0.39, 0.29) is 5.91 Å². The minimum atomic E-state index is 0.127. The molecule has 1 aromatic rings. The number of hydrogen-bond acceptors (Lipinski definition) is 2. The van der Waals surface area contributed by atoms with Crippen LogP contribution in [0, 0.1) is 12.8 Å². The fourth-order valence-electron chi connectivity index (χ4n) is 1.67. The molecule has 18 heavy (non-hydrogen) atoms. The summed E-state index contributed by atoms with van der Waals surface area (Å²) < 4.78 is 0. The summed E-state index contributed by atoms with van der Waals surface area (Å²) in [4.78, 5) is 11.6. The zero-order valence-electron chi connectivity index (χ0n) is 11.4. The average Bonchev–Trinajstić information content (AvgIpc) is 2.38. The quantitative estimate of drug-likeness (QED) is 0.775. The number of amides is 1. The van der Waals surface area contributed by atoms with Crippen molar-refractivity contribution in [3.63, 3.8) is 0 Å². The minimum absolute atomic E-state index is 0.127. The second-order valence-electron chi connectivity index (χ2n) is 4.98. The zero-order valence-corrected chi connectivity index (χ0v) is 11.4. The number of aryl methyl sites for hydroxylation is 2. The van der Waals surface area contributed by atoms with Crippen LogP contribution in [0.5, 0.6) is 0 Å². The summed E-state index contributed by atoms with van der Waals surface area (Å²) in [7, 11) is 0. The maximum atomic E-state index is 11.6. The number of nitrogens with two attached hydrogens (primary N) is 1. The fraction of sp³-hybridized carbons (Fsp3) is 0.533. The number of carbonyl (C=O) groups excluding carboxylic acids is 1. The highest BCUT2D eigenvalue weighted by atomic mass is 16.1. The molecule has 1 unspecified atom stereocenters. The highest BCUT2D eigenvalue weighted by Crippen LogP contribution is 2.07. The van der Waals surface area contributed by atoms with Crippen molar-refractivity contribution in [2.75, 3.05) is 13.1 Å². The Morgan fingerprint density at radius 2 is 2.00 bits per heavy atom. The van der Waals surface area contributed by atoms with Gasteiger partial charge in [0, 0.05) is 13.0 Å². The van der Waals surface area contributed by atoms with Gasteiger partial charge in [-0.15, -0.1) is 0 Å². The van der Waals surface area contributed by atoms with Crippen molar-refractivity contribution in [2.45, 2.75) is 33.1 Å². The predicted molar refractivity (Wildman–Crippen MR) is 75.3 cm³/mol. The highest BCUT2D eigenvalue weighted by Gasteiger charge is 2.04. The van der Waals surface area contributed by atoms with E-state index in [9.17, 15) is 4.79 Å². The van der Waals surface area contributed by atoms with Gasteiger partial charge in [0.2, 0.25) is 5.91 Å². The van der Waals surface area contributed by atoms with Gasteiger partial charge in [-0.2, -0.15) is 0 Å². The summed E-state index contributed by atoms with van der Waals surface area (Å²) in [6, 6.07) is 8.48. The Morgan fingerprint density at radius 3 is 2.61 bits per heavy atom. The largest absolute Gasteiger partial charge is 0.356 e. The van der Waals surface area contributed by atoms with Crippen LogP contribution in [0.2, 0.25) is 0 Å². The lowest BCUT2D eigenvalue weighted by molar-refractivity contribution is -0.121. The van der Waals surface area contributed by atoms with Gasteiger partial charge in [-0.1, -0.05) is 36.8 Å². The summed E-state index contributed by atoms with van der Waals surface area (Å²) in [5, 5.41) is 2.91. The maximum Gasteiger partial charge on any atom is 0.220 e. The van der Waals surface area contributed by atoms with E-state index in [1.54, 1.807) is 0 Å². The highest BCUT2D eigenvalue weighted by molar-refractivity contribution is 5.75. The standard InChI is InChI=1S/C15H24N2O/c1-12-6-8-14(9-7-12)4-3-5-15(18)17-11-13(2)10-16/h6-9,13H,3-5,10-11,16H2,1-2H3,(H,17,18). The number of nitrogens with one attached hydrogen (secondary N) is 1. The lowest BCUT2D eigenvalue weighted by atomic mass is 10.1. The Balaban J connectivity index is 2.17. The fourth-order valence-corrected chi connectivity index (χ4v) is 1.67. The van der Waals surface area contributed by atoms with Crippen molar-refractivity contribution in [3.05, 3.63) is 35.4 Å². The Hall–Kier alpha value is -1.35. The van der Waals surface area contributed by atoms with E-state index in [0.717, 1.165) is 12.8 Å². The van der Waals surface area contributed by atoms with Crippen LogP contribution in [0.1, 0.15) is 30.9 Å². The van der Waals surface area contributed by atoms with Crippen molar-refractivity contribution in [2.24, 2.45) is 11.7 Å². The minimum Gasteiger partial charge on any atom is -0.356 e. The first-order valence-corrected chi connectivity index (χ1v) is 6.64. The van der Waals surface area contributed by atoms with Gasteiger partial charge >= 0.3 is 0 Å². The molecule has 0 heterocycles. The third kappa shape index (κ3) is 5.82. The molecule has 3 nitrogen and oxygen atoms in total. The van der Waals surface area contributed by atoms with Gasteiger partial charge in [0.05, 0.1) is 0 Å². The molecule has 1 rings (SSSR count). The molecule has 3 N–H and O–H groups in total. The third-order valence-corrected chi connectivity index (χ3v) is 3.04. The number of benzene rings is 1. The van der Waals surface area contributed by atoms with E-state index in [1.807, 2.05) is 6.92 Å². The van der Waals surface area contributed by atoms with Crippen LogP contribution < -0.4 is 11.1 Å². The van der Waals surface area contributed by atoms with Crippen LogP contribution in [0.4, 0.5) is 0 Å². The molecule has 0 aliphatic rings. The van der Waals surface area contributed by atoms with Crippen LogP contribution in [0.3, 0.4) is 0 Å². The Labute approximate surface area is 110 Å². The molecule has 0 fully saturated rings. The monoisotopic (exact) mass is 248 g/mol. The van der Waals surface area contributed by atoms with E-state index < -0.39 is 0 Å². The maximum absolute atomic E-state index is 11.6. The normalized spacial score (nSPS) is 12.2. The van der Waals surface area contributed by atoms with Gasteiger partial charge in [0.1, 0.15) is 0 Å². The first-order chi connectivity index (χ1) is 8.61. The molecule has 1 atom stereocenters. The van der Waals surface area contributed by atoms with Crippen molar-refractivity contribution in [1.82, 2.24) is 5.32 Å². The van der Waals surface area contributed by atoms with Gasteiger partial charge in [-0.3, -0.25) is 4.79 Å². The Morgan fingerprint density at radius 1 is 1.33 bits per heavy atom. The van der Waals surface area contributed by atoms with E-state index >= 15 is 0 Å². The molecule has 100 valence electrons. The molecule has 1 aromatic carbocycles. The lowest BCUT2D eigenvalue weighted by Crippen LogP contribution is -2.31. The number of carbonyl (C=O) groups is 1. The summed E-state index contributed by atoms with van der Waals surface area (Å²) in [6.45, 7) is 5.41. The first-order valence-electron chi connectivity index (χ1n) is 6.64. The van der Waals surface area contributed by atoms with Crippen LogP contribution in [-0.4, -0.2) is 19.0 Å². The SMILES string of the molecule is Cc1ccc(CCCC(=O)NCC(C)CN)cc1. The third-order valence-electron chi connectivity index (χ3n) is 3.04. The summed E-state index contributed by atoms with van der Waals surface area (Å²) in [6.07, 6.45) is 2.44. The second kappa shape index (κ2) is 7.88. The van der Waals surface area contributed by atoms with E-state index in [0.29, 0.717) is 25.4 Å².